The Labute approximate surface area is 116 Å². The Hall–Kier alpha value is -1.06. The molecule has 2 aromatic rings. The van der Waals surface area contributed by atoms with Crippen LogP contribution >= 0.6 is 15.9 Å². The van der Waals surface area contributed by atoms with Crippen molar-refractivity contribution in [3.05, 3.63) is 51.8 Å². The summed E-state index contributed by atoms with van der Waals surface area (Å²) in [6.07, 6.45) is 5.58. The first-order chi connectivity index (χ1) is 8.66. The van der Waals surface area contributed by atoms with Gasteiger partial charge in [0.1, 0.15) is 0 Å². The molecular formula is C15H17BrN2. The quantitative estimate of drug-likeness (QED) is 0.851. The molecule has 1 aromatic heterocycles. The lowest BCUT2D eigenvalue weighted by atomic mass is 9.93. The molecule has 1 heterocycles. The molecule has 94 valence electrons. The van der Waals surface area contributed by atoms with Gasteiger partial charge in [-0.25, -0.2) is 0 Å². The summed E-state index contributed by atoms with van der Waals surface area (Å²) in [5, 5.41) is 0. The standard InChI is InChI=1S/C15H17BrN2/c1-10-5-6-11(16)9-15(10)18-8-7-12-13(17)3-2-4-14(12)18/h5-9,13H,2-4,17H2,1H3. The molecule has 18 heavy (non-hydrogen) atoms. The van der Waals surface area contributed by atoms with Crippen molar-refractivity contribution >= 4 is 15.9 Å². The van der Waals surface area contributed by atoms with E-state index in [-0.39, 0.29) is 6.04 Å². The first-order valence-corrected chi connectivity index (χ1v) is 7.18. The van der Waals surface area contributed by atoms with Crippen molar-refractivity contribution in [2.45, 2.75) is 32.2 Å². The third-order valence-corrected chi connectivity index (χ3v) is 4.28. The molecule has 0 amide bonds. The van der Waals surface area contributed by atoms with E-state index >= 15 is 0 Å². The molecule has 1 aliphatic rings. The fourth-order valence-corrected chi connectivity index (χ4v) is 3.14. The zero-order valence-corrected chi connectivity index (χ0v) is 12.1. The highest BCUT2D eigenvalue weighted by molar-refractivity contribution is 9.10. The predicted molar refractivity (Wildman–Crippen MR) is 78.1 cm³/mol. The lowest BCUT2D eigenvalue weighted by Gasteiger charge is -2.21. The molecule has 3 rings (SSSR count). The van der Waals surface area contributed by atoms with Crippen LogP contribution in [0.5, 0.6) is 0 Å². The predicted octanol–water partition coefficient (Wildman–Crippen LogP) is 3.88. The lowest BCUT2D eigenvalue weighted by Crippen LogP contribution is -2.18. The molecule has 0 saturated heterocycles. The number of nitrogens with two attached hydrogens (primary N) is 1. The number of fused-ring (bicyclic) bond motifs is 1. The van der Waals surface area contributed by atoms with E-state index in [1.54, 1.807) is 0 Å². The van der Waals surface area contributed by atoms with Gasteiger partial charge in [0.05, 0.1) is 0 Å². The minimum Gasteiger partial charge on any atom is -0.324 e. The number of aryl methyl sites for hydroxylation is 1. The van der Waals surface area contributed by atoms with Gasteiger partial charge in [-0.05, 0) is 55.5 Å². The van der Waals surface area contributed by atoms with Crippen LogP contribution in [0.25, 0.3) is 5.69 Å². The van der Waals surface area contributed by atoms with E-state index in [1.165, 1.54) is 28.9 Å². The van der Waals surface area contributed by atoms with Gasteiger partial charge in [0.2, 0.25) is 0 Å². The van der Waals surface area contributed by atoms with E-state index in [2.05, 4.69) is 57.9 Å². The van der Waals surface area contributed by atoms with Crippen LogP contribution < -0.4 is 5.73 Å². The van der Waals surface area contributed by atoms with Crippen molar-refractivity contribution in [1.82, 2.24) is 4.57 Å². The first kappa shape index (κ1) is 12.0. The Morgan fingerprint density at radius 2 is 2.17 bits per heavy atom. The Kier molecular flexibility index (Phi) is 3.04. The Morgan fingerprint density at radius 1 is 1.33 bits per heavy atom. The van der Waals surface area contributed by atoms with Gasteiger partial charge < -0.3 is 10.3 Å². The summed E-state index contributed by atoms with van der Waals surface area (Å²) in [7, 11) is 0. The molecular weight excluding hydrogens is 288 g/mol. The van der Waals surface area contributed by atoms with Gasteiger partial charge >= 0.3 is 0 Å². The maximum absolute atomic E-state index is 6.18. The smallest absolute Gasteiger partial charge is 0.0492 e. The number of hydrogen-bond acceptors (Lipinski definition) is 1. The van der Waals surface area contributed by atoms with Crippen molar-refractivity contribution in [1.29, 1.82) is 0 Å². The fourth-order valence-electron chi connectivity index (χ4n) is 2.80. The number of benzene rings is 1. The van der Waals surface area contributed by atoms with Gasteiger partial charge in [0.25, 0.3) is 0 Å². The van der Waals surface area contributed by atoms with Gasteiger partial charge in [0, 0.05) is 28.1 Å². The van der Waals surface area contributed by atoms with Gasteiger partial charge in [0.15, 0.2) is 0 Å². The second-order valence-corrected chi connectivity index (χ2v) is 5.93. The maximum atomic E-state index is 6.18. The van der Waals surface area contributed by atoms with E-state index in [9.17, 15) is 0 Å². The SMILES string of the molecule is Cc1ccc(Br)cc1-n1ccc2c1CCCC2N. The Bertz CT molecular complexity index is 586. The Morgan fingerprint density at radius 3 is 3.00 bits per heavy atom. The van der Waals surface area contributed by atoms with Gasteiger partial charge in [-0.2, -0.15) is 0 Å². The summed E-state index contributed by atoms with van der Waals surface area (Å²) in [5.74, 6) is 0. The van der Waals surface area contributed by atoms with Crippen molar-refractivity contribution in [2.24, 2.45) is 5.73 Å². The van der Waals surface area contributed by atoms with Crippen molar-refractivity contribution in [3.8, 4) is 5.69 Å². The van der Waals surface area contributed by atoms with Gasteiger partial charge in [-0.3, -0.25) is 0 Å². The summed E-state index contributed by atoms with van der Waals surface area (Å²) in [6, 6.07) is 8.80. The third kappa shape index (κ3) is 1.91. The van der Waals surface area contributed by atoms with Crippen molar-refractivity contribution < 1.29 is 0 Å². The number of halogens is 1. The van der Waals surface area contributed by atoms with E-state index in [4.69, 9.17) is 5.73 Å². The van der Waals surface area contributed by atoms with Crippen LogP contribution in [0, 0.1) is 6.92 Å². The number of aromatic nitrogens is 1. The minimum atomic E-state index is 0.211. The topological polar surface area (TPSA) is 30.9 Å². The molecule has 3 heteroatoms. The number of rotatable bonds is 1. The third-order valence-electron chi connectivity index (χ3n) is 3.79. The summed E-state index contributed by atoms with van der Waals surface area (Å²) in [5.41, 5.74) is 11.4. The summed E-state index contributed by atoms with van der Waals surface area (Å²) in [4.78, 5) is 0. The normalized spacial score (nSPS) is 18.7. The Balaban J connectivity index is 2.15. The number of hydrogen-bond donors (Lipinski definition) is 1. The zero-order valence-electron chi connectivity index (χ0n) is 10.5. The average molecular weight is 305 g/mol. The molecule has 0 aliphatic heterocycles. The molecule has 0 spiro atoms. The van der Waals surface area contributed by atoms with Crippen LogP contribution in [0.1, 0.15) is 35.7 Å². The molecule has 0 bridgehead atoms. The van der Waals surface area contributed by atoms with E-state index in [0.29, 0.717) is 0 Å². The van der Waals surface area contributed by atoms with Crippen LogP contribution in [0.4, 0.5) is 0 Å². The fraction of sp³-hybridized carbons (Fsp3) is 0.333. The van der Waals surface area contributed by atoms with Crippen LogP contribution in [0.3, 0.4) is 0 Å². The molecule has 2 N–H and O–H groups in total. The molecule has 0 fully saturated rings. The zero-order chi connectivity index (χ0) is 12.7. The van der Waals surface area contributed by atoms with Gasteiger partial charge in [-0.15, -0.1) is 0 Å². The highest BCUT2D eigenvalue weighted by atomic mass is 79.9. The number of nitrogens with zero attached hydrogens (tertiary/aromatic N) is 1. The van der Waals surface area contributed by atoms with Crippen molar-refractivity contribution in [2.75, 3.05) is 0 Å². The lowest BCUT2D eigenvalue weighted by molar-refractivity contribution is 0.560. The monoisotopic (exact) mass is 304 g/mol. The van der Waals surface area contributed by atoms with E-state index in [1.807, 2.05) is 0 Å². The molecule has 1 aromatic carbocycles. The molecule has 0 saturated carbocycles. The second-order valence-electron chi connectivity index (χ2n) is 5.02. The summed E-state index contributed by atoms with van der Waals surface area (Å²) in [6.45, 7) is 2.15. The highest BCUT2D eigenvalue weighted by Crippen LogP contribution is 2.32. The minimum absolute atomic E-state index is 0.211. The van der Waals surface area contributed by atoms with Crippen LogP contribution in [-0.4, -0.2) is 4.57 Å². The molecule has 2 nitrogen and oxygen atoms in total. The second kappa shape index (κ2) is 4.56. The van der Waals surface area contributed by atoms with Crippen molar-refractivity contribution in [3.63, 3.8) is 0 Å². The summed E-state index contributed by atoms with van der Waals surface area (Å²) < 4.78 is 3.42. The highest BCUT2D eigenvalue weighted by Gasteiger charge is 2.21. The average Bonchev–Trinajstić information content (AvgIpc) is 2.77. The molecule has 0 radical (unpaired) electrons. The maximum Gasteiger partial charge on any atom is 0.0492 e. The molecule has 1 aliphatic carbocycles. The van der Waals surface area contributed by atoms with Crippen LogP contribution in [0.15, 0.2) is 34.9 Å². The van der Waals surface area contributed by atoms with Crippen LogP contribution in [-0.2, 0) is 6.42 Å². The van der Waals surface area contributed by atoms with E-state index in [0.717, 1.165) is 17.3 Å². The van der Waals surface area contributed by atoms with E-state index < -0.39 is 0 Å². The van der Waals surface area contributed by atoms with Gasteiger partial charge in [-0.1, -0.05) is 22.0 Å². The molecule has 1 atom stereocenters. The largest absolute Gasteiger partial charge is 0.324 e. The first-order valence-electron chi connectivity index (χ1n) is 6.39. The summed E-state index contributed by atoms with van der Waals surface area (Å²) >= 11 is 3.55. The molecule has 1 unspecified atom stereocenters. The van der Waals surface area contributed by atoms with Crippen LogP contribution in [0.2, 0.25) is 0 Å².